The van der Waals surface area contributed by atoms with Crippen molar-refractivity contribution in [3.8, 4) is 0 Å². The largest absolute Gasteiger partial charge is 0.463 e. The van der Waals surface area contributed by atoms with Gasteiger partial charge < -0.3 is 9.32 Å². The molecule has 2 aromatic rings. The van der Waals surface area contributed by atoms with Crippen molar-refractivity contribution in [2.75, 3.05) is 31.1 Å². The van der Waals surface area contributed by atoms with Crippen molar-refractivity contribution in [1.29, 1.82) is 0 Å². The molecule has 2 heterocycles. The number of hydrogen-bond acceptors (Lipinski definition) is 4. The van der Waals surface area contributed by atoms with Gasteiger partial charge in [-0.2, -0.15) is 5.10 Å². The molecule has 0 N–H and O–H groups in total. The molecule has 3 rings (SSSR count). The minimum absolute atomic E-state index is 0.774. The quantitative estimate of drug-likeness (QED) is 0.814. The lowest BCUT2D eigenvalue weighted by molar-refractivity contribution is 0.271. The average molecular weight is 290 g/mol. The van der Waals surface area contributed by atoms with Crippen LogP contribution in [-0.4, -0.2) is 37.4 Å². The molecule has 4 nitrogen and oxygen atoms in total. The first-order valence-corrected chi connectivity index (χ1v) is 7.02. The molecule has 1 aliphatic rings. The monoisotopic (exact) mass is 289 g/mol. The van der Waals surface area contributed by atoms with Crippen molar-refractivity contribution in [1.82, 2.24) is 5.01 Å². The second kappa shape index (κ2) is 6.01. The van der Waals surface area contributed by atoms with Gasteiger partial charge in [0.05, 0.1) is 25.6 Å². The zero-order valence-corrected chi connectivity index (χ0v) is 11.8. The van der Waals surface area contributed by atoms with Crippen LogP contribution in [0.25, 0.3) is 0 Å². The van der Waals surface area contributed by atoms with E-state index in [0.29, 0.717) is 0 Å². The Morgan fingerprint density at radius 1 is 1.05 bits per heavy atom. The van der Waals surface area contributed by atoms with Crippen LogP contribution in [0.4, 0.5) is 5.69 Å². The SMILES string of the molecule is Clc1ccc(N2CCN(N=Cc3ccco3)CC2)cc1. The maximum absolute atomic E-state index is 5.91. The summed E-state index contributed by atoms with van der Waals surface area (Å²) in [4.78, 5) is 2.34. The van der Waals surface area contributed by atoms with Gasteiger partial charge in [-0.05, 0) is 36.4 Å². The molecule has 0 aliphatic carbocycles. The third kappa shape index (κ3) is 3.14. The number of benzene rings is 1. The normalized spacial score (nSPS) is 16.1. The first-order valence-electron chi connectivity index (χ1n) is 6.64. The summed E-state index contributed by atoms with van der Waals surface area (Å²) in [7, 11) is 0. The number of hydrazone groups is 1. The van der Waals surface area contributed by atoms with Crippen LogP contribution in [0.3, 0.4) is 0 Å². The second-order valence-electron chi connectivity index (χ2n) is 4.68. The first-order chi connectivity index (χ1) is 9.81. The van der Waals surface area contributed by atoms with E-state index in [4.69, 9.17) is 16.0 Å². The summed E-state index contributed by atoms with van der Waals surface area (Å²) in [5.41, 5.74) is 1.21. The number of hydrogen-bond donors (Lipinski definition) is 0. The van der Waals surface area contributed by atoms with Crippen LogP contribution in [0.2, 0.25) is 5.02 Å². The van der Waals surface area contributed by atoms with E-state index < -0.39 is 0 Å². The molecule has 104 valence electrons. The molecule has 1 aliphatic heterocycles. The van der Waals surface area contributed by atoms with E-state index in [9.17, 15) is 0 Å². The van der Waals surface area contributed by atoms with Gasteiger partial charge in [0.1, 0.15) is 5.76 Å². The van der Waals surface area contributed by atoms with Gasteiger partial charge in [-0.25, -0.2) is 0 Å². The van der Waals surface area contributed by atoms with E-state index in [1.807, 2.05) is 24.3 Å². The second-order valence-corrected chi connectivity index (χ2v) is 5.11. The van der Waals surface area contributed by atoms with Gasteiger partial charge in [0.25, 0.3) is 0 Å². The Hall–Kier alpha value is -1.94. The van der Waals surface area contributed by atoms with Crippen molar-refractivity contribution < 1.29 is 4.42 Å². The predicted molar refractivity (Wildman–Crippen MR) is 81.5 cm³/mol. The zero-order chi connectivity index (χ0) is 13.8. The molecule has 0 unspecified atom stereocenters. The lowest BCUT2D eigenvalue weighted by Gasteiger charge is -2.34. The van der Waals surface area contributed by atoms with Crippen molar-refractivity contribution >= 4 is 23.5 Å². The molecule has 20 heavy (non-hydrogen) atoms. The Balaban J connectivity index is 1.55. The van der Waals surface area contributed by atoms with Crippen molar-refractivity contribution in [2.24, 2.45) is 5.10 Å². The van der Waals surface area contributed by atoms with Gasteiger partial charge in [0.15, 0.2) is 0 Å². The maximum Gasteiger partial charge on any atom is 0.146 e. The minimum Gasteiger partial charge on any atom is -0.463 e. The van der Waals surface area contributed by atoms with Gasteiger partial charge >= 0.3 is 0 Å². The molecule has 5 heteroatoms. The molecule has 0 radical (unpaired) electrons. The number of rotatable bonds is 3. The number of nitrogens with zero attached hydrogens (tertiary/aromatic N) is 3. The summed E-state index contributed by atoms with van der Waals surface area (Å²) in [6.45, 7) is 3.72. The van der Waals surface area contributed by atoms with E-state index >= 15 is 0 Å². The first kappa shape index (κ1) is 13.1. The summed E-state index contributed by atoms with van der Waals surface area (Å²) in [5.74, 6) is 0.783. The third-order valence-corrected chi connectivity index (χ3v) is 3.59. The smallest absolute Gasteiger partial charge is 0.146 e. The molecule has 1 fully saturated rings. The number of piperazine rings is 1. The Morgan fingerprint density at radius 2 is 1.80 bits per heavy atom. The summed E-state index contributed by atoms with van der Waals surface area (Å²) < 4.78 is 5.23. The van der Waals surface area contributed by atoms with Gasteiger partial charge in [-0.1, -0.05) is 11.6 Å². The summed E-state index contributed by atoms with van der Waals surface area (Å²) in [6.07, 6.45) is 3.41. The minimum atomic E-state index is 0.774. The summed E-state index contributed by atoms with van der Waals surface area (Å²) >= 11 is 5.91. The third-order valence-electron chi connectivity index (χ3n) is 3.34. The van der Waals surface area contributed by atoms with Crippen molar-refractivity contribution in [3.63, 3.8) is 0 Å². The summed E-state index contributed by atoms with van der Waals surface area (Å²) in [5, 5.41) is 7.27. The standard InChI is InChI=1S/C15H16ClN3O/c16-13-3-5-14(6-4-13)18-7-9-19(10-8-18)17-12-15-2-1-11-20-15/h1-6,11-12H,7-10H2. The maximum atomic E-state index is 5.91. The number of anilines is 1. The fraction of sp³-hybridized carbons (Fsp3) is 0.267. The molecule has 0 amide bonds. The summed E-state index contributed by atoms with van der Waals surface area (Å²) in [6, 6.07) is 11.7. The fourth-order valence-corrected chi connectivity index (χ4v) is 2.35. The van der Waals surface area contributed by atoms with Crippen molar-refractivity contribution in [3.05, 3.63) is 53.4 Å². The highest BCUT2D eigenvalue weighted by atomic mass is 35.5. The van der Waals surface area contributed by atoms with Crippen molar-refractivity contribution in [2.45, 2.75) is 0 Å². The van der Waals surface area contributed by atoms with E-state index in [0.717, 1.165) is 37.0 Å². The van der Waals surface area contributed by atoms with Gasteiger partial charge in [0.2, 0.25) is 0 Å². The molecule has 1 aromatic heterocycles. The van der Waals surface area contributed by atoms with E-state index in [1.165, 1.54) is 5.69 Å². The van der Waals surface area contributed by atoms with E-state index in [-0.39, 0.29) is 0 Å². The molecule has 0 atom stereocenters. The average Bonchev–Trinajstić information content (AvgIpc) is 3.00. The van der Waals surface area contributed by atoms with Crippen LogP contribution < -0.4 is 4.90 Å². The Labute approximate surface area is 123 Å². The van der Waals surface area contributed by atoms with Crippen LogP contribution in [0.15, 0.2) is 52.2 Å². The Morgan fingerprint density at radius 3 is 2.45 bits per heavy atom. The fourth-order valence-electron chi connectivity index (χ4n) is 2.22. The molecule has 0 saturated carbocycles. The zero-order valence-electron chi connectivity index (χ0n) is 11.1. The predicted octanol–water partition coefficient (Wildman–Crippen LogP) is 3.09. The van der Waals surface area contributed by atoms with Gasteiger partial charge in [-0.3, -0.25) is 5.01 Å². The van der Waals surface area contributed by atoms with Crippen LogP contribution in [0.5, 0.6) is 0 Å². The lowest BCUT2D eigenvalue weighted by Crippen LogP contribution is -2.44. The van der Waals surface area contributed by atoms with E-state index in [2.05, 4.69) is 27.1 Å². The highest BCUT2D eigenvalue weighted by Gasteiger charge is 2.15. The molecule has 0 spiro atoms. The molecule has 1 aromatic carbocycles. The molecule has 0 bridgehead atoms. The van der Waals surface area contributed by atoms with Crippen LogP contribution >= 0.6 is 11.6 Å². The highest BCUT2D eigenvalue weighted by Crippen LogP contribution is 2.19. The highest BCUT2D eigenvalue weighted by molar-refractivity contribution is 6.30. The van der Waals surface area contributed by atoms with E-state index in [1.54, 1.807) is 12.5 Å². The van der Waals surface area contributed by atoms with Gasteiger partial charge in [0, 0.05) is 23.8 Å². The molecular formula is C15H16ClN3O. The molecular weight excluding hydrogens is 274 g/mol. The van der Waals surface area contributed by atoms with Crippen LogP contribution in [0, 0.1) is 0 Å². The van der Waals surface area contributed by atoms with Crippen LogP contribution in [0.1, 0.15) is 5.76 Å². The molecule has 1 saturated heterocycles. The lowest BCUT2D eigenvalue weighted by atomic mass is 10.2. The number of halogens is 1. The Bertz CT molecular complexity index is 557. The topological polar surface area (TPSA) is 32.0 Å². The van der Waals surface area contributed by atoms with Gasteiger partial charge in [-0.15, -0.1) is 0 Å². The van der Waals surface area contributed by atoms with Crippen LogP contribution in [-0.2, 0) is 0 Å². The Kier molecular flexibility index (Phi) is 3.92. The number of furan rings is 1.